The maximum Gasteiger partial charge on any atom is 0.128 e. The van der Waals surface area contributed by atoms with E-state index in [0.717, 1.165) is 0 Å². The van der Waals surface area contributed by atoms with E-state index in [0.29, 0.717) is 0 Å². The van der Waals surface area contributed by atoms with Crippen molar-refractivity contribution >= 4 is 0 Å². The standard InChI is InChI=1S/C40H86N2/c1-7-9-11-13-15-17-19-21-23-25-27-29-31-33-35-37-41(3,4)39-40-42(5,6)38-36-34-32-30-28-26-24-22-20-18-16-14-12-10-8-2/h7-40H2,1-6H3/q+2. The van der Waals surface area contributed by atoms with Gasteiger partial charge in [0.25, 0.3) is 0 Å². The van der Waals surface area contributed by atoms with Crippen molar-refractivity contribution in [3.05, 3.63) is 0 Å². The third-order valence-corrected chi connectivity index (χ3v) is 10.0. The van der Waals surface area contributed by atoms with Gasteiger partial charge in [-0.2, -0.15) is 0 Å². The van der Waals surface area contributed by atoms with Crippen molar-refractivity contribution in [3.8, 4) is 0 Å². The topological polar surface area (TPSA) is 0 Å². The van der Waals surface area contributed by atoms with Gasteiger partial charge in [0, 0.05) is 0 Å². The summed E-state index contributed by atoms with van der Waals surface area (Å²) < 4.78 is 2.41. The predicted octanol–water partition coefficient (Wildman–Crippen LogP) is 12.9. The number of hydrogen-bond donors (Lipinski definition) is 0. The van der Waals surface area contributed by atoms with Crippen LogP contribution < -0.4 is 0 Å². The molecule has 0 aromatic carbocycles. The number of rotatable bonds is 35. The molecule has 0 N–H and O–H groups in total. The van der Waals surface area contributed by atoms with Crippen LogP contribution in [-0.4, -0.2) is 63.3 Å². The molecule has 0 heterocycles. The SMILES string of the molecule is CCCCCCCCCCCCCCCCC[N+](C)(C)CC[N+](C)(C)CCCCCCCCCCCCCCCCC. The van der Waals surface area contributed by atoms with Crippen molar-refractivity contribution < 1.29 is 8.97 Å². The molecular weight excluding hydrogens is 508 g/mol. The van der Waals surface area contributed by atoms with Gasteiger partial charge in [-0.05, 0) is 25.7 Å². The molecule has 0 bridgehead atoms. The smallest absolute Gasteiger partial charge is 0.128 e. The van der Waals surface area contributed by atoms with E-state index in [1.54, 1.807) is 0 Å². The largest absolute Gasteiger partial charge is 0.324 e. The minimum atomic E-state index is 1.21. The average molecular weight is 595 g/mol. The van der Waals surface area contributed by atoms with Gasteiger partial charge < -0.3 is 8.97 Å². The zero-order chi connectivity index (χ0) is 31.0. The first kappa shape index (κ1) is 41.9. The summed E-state index contributed by atoms with van der Waals surface area (Å²) in [6.45, 7) is 9.98. The lowest BCUT2D eigenvalue weighted by Gasteiger charge is -2.36. The molecule has 0 amide bonds. The van der Waals surface area contributed by atoms with Crippen molar-refractivity contribution in [2.24, 2.45) is 0 Å². The second kappa shape index (κ2) is 30.9. The number of nitrogens with zero attached hydrogens (tertiary/aromatic N) is 2. The number of likely N-dealkylation sites (N-methyl/N-ethyl adjacent to an activating group) is 2. The molecule has 0 aromatic rings. The highest BCUT2D eigenvalue weighted by Crippen LogP contribution is 2.16. The third-order valence-electron chi connectivity index (χ3n) is 10.0. The quantitative estimate of drug-likeness (QED) is 0.0505. The van der Waals surface area contributed by atoms with Crippen LogP contribution in [0.1, 0.15) is 206 Å². The van der Waals surface area contributed by atoms with Crippen molar-refractivity contribution in [1.82, 2.24) is 0 Å². The fourth-order valence-electron chi connectivity index (χ4n) is 6.59. The number of hydrogen-bond acceptors (Lipinski definition) is 0. The second-order valence-corrected chi connectivity index (χ2v) is 15.7. The van der Waals surface area contributed by atoms with Gasteiger partial charge in [0.15, 0.2) is 0 Å². The monoisotopic (exact) mass is 595 g/mol. The van der Waals surface area contributed by atoms with E-state index in [9.17, 15) is 0 Å². The molecule has 0 aliphatic heterocycles. The van der Waals surface area contributed by atoms with Crippen LogP contribution in [-0.2, 0) is 0 Å². The second-order valence-electron chi connectivity index (χ2n) is 15.7. The van der Waals surface area contributed by atoms with Crippen LogP contribution in [0.15, 0.2) is 0 Å². The van der Waals surface area contributed by atoms with E-state index in [1.807, 2.05) is 0 Å². The van der Waals surface area contributed by atoms with E-state index in [-0.39, 0.29) is 0 Å². The van der Waals surface area contributed by atoms with Gasteiger partial charge in [-0.1, -0.05) is 181 Å². The highest BCUT2D eigenvalue weighted by molar-refractivity contribution is 4.52. The molecule has 254 valence electrons. The molecule has 42 heavy (non-hydrogen) atoms. The summed E-state index contributed by atoms with van der Waals surface area (Å²) in [7, 11) is 9.88. The fourth-order valence-corrected chi connectivity index (χ4v) is 6.59. The maximum absolute atomic E-state index is 2.47. The first-order valence-electron chi connectivity index (χ1n) is 20.0. The Morgan fingerprint density at radius 1 is 0.214 bits per heavy atom. The molecule has 0 atom stereocenters. The Kier molecular flexibility index (Phi) is 30.9. The molecule has 0 saturated heterocycles. The summed E-state index contributed by atoms with van der Waals surface area (Å²) in [5.74, 6) is 0. The van der Waals surface area contributed by atoms with Crippen LogP contribution in [0.2, 0.25) is 0 Å². The van der Waals surface area contributed by atoms with Gasteiger partial charge in [0.05, 0.1) is 41.3 Å². The zero-order valence-corrected chi connectivity index (χ0v) is 30.9. The van der Waals surface area contributed by atoms with Crippen LogP contribution in [0.25, 0.3) is 0 Å². The summed E-state index contributed by atoms with van der Waals surface area (Å²) in [5, 5.41) is 0. The van der Waals surface area contributed by atoms with Gasteiger partial charge in [0.2, 0.25) is 0 Å². The Hall–Kier alpha value is -0.0800. The Morgan fingerprint density at radius 3 is 0.571 bits per heavy atom. The van der Waals surface area contributed by atoms with E-state index in [2.05, 4.69) is 42.0 Å². The van der Waals surface area contributed by atoms with Gasteiger partial charge in [0.1, 0.15) is 13.1 Å². The highest BCUT2D eigenvalue weighted by Gasteiger charge is 2.22. The molecule has 0 aliphatic rings. The van der Waals surface area contributed by atoms with E-state index < -0.39 is 0 Å². The molecular formula is C40H86N2+2. The molecule has 2 nitrogen and oxygen atoms in total. The predicted molar refractivity (Wildman–Crippen MR) is 194 cm³/mol. The van der Waals surface area contributed by atoms with Gasteiger partial charge >= 0.3 is 0 Å². The summed E-state index contributed by atoms with van der Waals surface area (Å²) >= 11 is 0. The van der Waals surface area contributed by atoms with E-state index >= 15 is 0 Å². The Balaban J connectivity index is 3.52. The molecule has 0 saturated carbocycles. The summed E-state index contributed by atoms with van der Waals surface area (Å²) in [6.07, 6.45) is 43.7. The van der Waals surface area contributed by atoms with E-state index in [1.165, 1.54) is 228 Å². The lowest BCUT2D eigenvalue weighted by molar-refractivity contribution is -0.946. The molecule has 0 aromatic heterocycles. The van der Waals surface area contributed by atoms with E-state index in [4.69, 9.17) is 0 Å². The summed E-state index contributed by atoms with van der Waals surface area (Å²) in [4.78, 5) is 0. The normalized spacial score (nSPS) is 12.4. The average Bonchev–Trinajstić information content (AvgIpc) is 2.96. The fraction of sp³-hybridized carbons (Fsp3) is 1.00. The van der Waals surface area contributed by atoms with Crippen LogP contribution in [0.4, 0.5) is 0 Å². The number of unbranched alkanes of at least 4 members (excludes halogenated alkanes) is 28. The molecule has 2 heteroatoms. The van der Waals surface area contributed by atoms with Gasteiger partial charge in [-0.15, -0.1) is 0 Å². The van der Waals surface area contributed by atoms with Crippen LogP contribution >= 0.6 is 0 Å². The Labute approximate surface area is 269 Å². The molecule has 0 radical (unpaired) electrons. The van der Waals surface area contributed by atoms with Crippen LogP contribution in [0.5, 0.6) is 0 Å². The molecule has 0 unspecified atom stereocenters. The lowest BCUT2D eigenvalue weighted by Crippen LogP contribution is -2.51. The van der Waals surface area contributed by atoms with Crippen LogP contribution in [0, 0.1) is 0 Å². The minimum Gasteiger partial charge on any atom is -0.324 e. The molecule has 0 spiro atoms. The number of quaternary nitrogens is 2. The third kappa shape index (κ3) is 32.8. The summed E-state index contributed by atoms with van der Waals surface area (Å²) in [5.41, 5.74) is 0. The van der Waals surface area contributed by atoms with Gasteiger partial charge in [-0.3, -0.25) is 0 Å². The molecule has 0 aliphatic carbocycles. The highest BCUT2D eigenvalue weighted by atomic mass is 15.4. The minimum absolute atomic E-state index is 1.21. The van der Waals surface area contributed by atoms with Gasteiger partial charge in [-0.25, -0.2) is 0 Å². The lowest BCUT2D eigenvalue weighted by atomic mass is 10.0. The van der Waals surface area contributed by atoms with Crippen molar-refractivity contribution in [2.45, 2.75) is 206 Å². The first-order chi connectivity index (χ1) is 20.3. The Morgan fingerprint density at radius 2 is 0.381 bits per heavy atom. The van der Waals surface area contributed by atoms with Crippen molar-refractivity contribution in [1.29, 1.82) is 0 Å². The summed E-state index contributed by atoms with van der Waals surface area (Å²) in [6, 6.07) is 0. The first-order valence-corrected chi connectivity index (χ1v) is 20.0. The molecule has 0 fully saturated rings. The molecule has 0 rings (SSSR count). The zero-order valence-electron chi connectivity index (χ0n) is 30.9. The van der Waals surface area contributed by atoms with Crippen molar-refractivity contribution in [3.63, 3.8) is 0 Å². The van der Waals surface area contributed by atoms with Crippen molar-refractivity contribution in [2.75, 3.05) is 54.4 Å². The van der Waals surface area contributed by atoms with Crippen LogP contribution in [0.3, 0.4) is 0 Å². The Bertz CT molecular complexity index is 466. The maximum atomic E-state index is 2.47.